The monoisotopic (exact) mass is 475 g/mol. The second-order valence-electron chi connectivity index (χ2n) is 8.28. The molecule has 5 rings (SSSR count). The maximum Gasteiger partial charge on any atom is 0.259 e. The minimum Gasteiger partial charge on any atom is -0.493 e. The van der Waals surface area contributed by atoms with Gasteiger partial charge in [0.05, 0.1) is 18.4 Å². The van der Waals surface area contributed by atoms with Crippen LogP contribution in [-0.2, 0) is 0 Å². The van der Waals surface area contributed by atoms with Gasteiger partial charge in [0.25, 0.3) is 5.91 Å². The molecule has 1 amide bonds. The highest BCUT2D eigenvalue weighted by atomic mass is 16.5. The summed E-state index contributed by atoms with van der Waals surface area (Å²) in [6, 6.07) is 32.4. The van der Waals surface area contributed by atoms with Crippen molar-refractivity contribution >= 4 is 11.6 Å². The summed E-state index contributed by atoms with van der Waals surface area (Å²) in [4.78, 5) is 13.4. The van der Waals surface area contributed by atoms with Gasteiger partial charge in [0, 0.05) is 23.5 Å². The summed E-state index contributed by atoms with van der Waals surface area (Å²) in [6.07, 6.45) is 1.75. The largest absolute Gasteiger partial charge is 0.493 e. The van der Waals surface area contributed by atoms with Crippen molar-refractivity contribution in [2.75, 3.05) is 12.4 Å². The molecule has 0 unspecified atom stereocenters. The highest BCUT2D eigenvalue weighted by molar-refractivity contribution is 6.08. The number of anilines is 1. The topological polar surface area (TPSA) is 65.4 Å². The lowest BCUT2D eigenvalue weighted by Gasteiger charge is -2.12. The quantitative estimate of drug-likeness (QED) is 0.278. The molecule has 1 aromatic heterocycles. The van der Waals surface area contributed by atoms with E-state index in [1.54, 1.807) is 24.1 Å². The van der Waals surface area contributed by atoms with E-state index in [-0.39, 0.29) is 5.91 Å². The molecule has 36 heavy (non-hydrogen) atoms. The molecule has 1 heterocycles. The van der Waals surface area contributed by atoms with Crippen molar-refractivity contribution in [3.8, 4) is 34.2 Å². The standard InChI is InChI=1S/C30H25N3O3/c1-21-16-17-27(28(18-21)35-2)36-25-15-9-12-23(19-25)31-30(34)26-20-33(24-13-7-4-8-14-24)32-29(26)22-10-5-3-6-11-22/h3-20H,1-2H3,(H,31,34). The van der Waals surface area contributed by atoms with Gasteiger partial charge < -0.3 is 14.8 Å². The molecule has 0 spiro atoms. The predicted octanol–water partition coefficient (Wildman–Crippen LogP) is 6.90. The first-order valence-electron chi connectivity index (χ1n) is 11.5. The van der Waals surface area contributed by atoms with Crippen LogP contribution in [0.2, 0.25) is 0 Å². The van der Waals surface area contributed by atoms with Gasteiger partial charge in [-0.1, -0.05) is 60.7 Å². The summed E-state index contributed by atoms with van der Waals surface area (Å²) >= 11 is 0. The molecule has 0 fully saturated rings. The minimum absolute atomic E-state index is 0.263. The van der Waals surface area contributed by atoms with E-state index >= 15 is 0 Å². The van der Waals surface area contributed by atoms with Crippen molar-refractivity contribution in [2.45, 2.75) is 6.92 Å². The number of carbonyl (C=O) groups is 1. The Balaban J connectivity index is 1.43. The maximum absolute atomic E-state index is 13.4. The van der Waals surface area contributed by atoms with E-state index in [2.05, 4.69) is 5.32 Å². The Hall–Kier alpha value is -4.84. The van der Waals surface area contributed by atoms with E-state index in [9.17, 15) is 4.79 Å². The fourth-order valence-electron chi connectivity index (χ4n) is 3.88. The molecular formula is C30H25N3O3. The van der Waals surface area contributed by atoms with Crippen molar-refractivity contribution in [1.29, 1.82) is 0 Å². The van der Waals surface area contributed by atoms with Crippen LogP contribution in [0.15, 0.2) is 109 Å². The third-order valence-corrected chi connectivity index (χ3v) is 5.67. The maximum atomic E-state index is 13.4. The number of ether oxygens (including phenoxy) is 2. The fraction of sp³-hybridized carbons (Fsp3) is 0.0667. The zero-order valence-electron chi connectivity index (χ0n) is 20.0. The lowest BCUT2D eigenvalue weighted by atomic mass is 10.1. The summed E-state index contributed by atoms with van der Waals surface area (Å²) in [5, 5.41) is 7.72. The van der Waals surface area contributed by atoms with Crippen molar-refractivity contribution < 1.29 is 14.3 Å². The molecule has 6 nitrogen and oxygen atoms in total. The van der Waals surface area contributed by atoms with E-state index in [1.807, 2.05) is 104 Å². The van der Waals surface area contributed by atoms with Crippen LogP contribution in [0, 0.1) is 6.92 Å². The number of aromatic nitrogens is 2. The second kappa shape index (κ2) is 10.2. The average molecular weight is 476 g/mol. The molecule has 6 heteroatoms. The van der Waals surface area contributed by atoms with Gasteiger partial charge in [0.15, 0.2) is 11.5 Å². The molecule has 0 aliphatic rings. The third-order valence-electron chi connectivity index (χ3n) is 5.67. The van der Waals surface area contributed by atoms with E-state index < -0.39 is 0 Å². The second-order valence-corrected chi connectivity index (χ2v) is 8.28. The number of carbonyl (C=O) groups excluding carboxylic acids is 1. The number of methoxy groups -OCH3 is 1. The smallest absolute Gasteiger partial charge is 0.259 e. The van der Waals surface area contributed by atoms with Gasteiger partial charge >= 0.3 is 0 Å². The summed E-state index contributed by atoms with van der Waals surface area (Å²) in [7, 11) is 1.61. The number of hydrogen-bond donors (Lipinski definition) is 1. The molecule has 5 aromatic rings. The van der Waals surface area contributed by atoms with Crippen LogP contribution < -0.4 is 14.8 Å². The first kappa shape index (κ1) is 22.9. The minimum atomic E-state index is -0.263. The van der Waals surface area contributed by atoms with E-state index in [1.165, 1.54) is 0 Å². The third kappa shape index (κ3) is 4.98. The van der Waals surface area contributed by atoms with Gasteiger partial charge in [-0.15, -0.1) is 0 Å². The molecule has 0 aliphatic carbocycles. The number of benzene rings is 4. The van der Waals surface area contributed by atoms with Crippen molar-refractivity contribution in [2.24, 2.45) is 0 Å². The lowest BCUT2D eigenvalue weighted by Crippen LogP contribution is -2.12. The molecule has 0 atom stereocenters. The van der Waals surface area contributed by atoms with E-state index in [0.717, 1.165) is 16.8 Å². The average Bonchev–Trinajstić information content (AvgIpc) is 3.37. The summed E-state index contributed by atoms with van der Waals surface area (Å²) < 4.78 is 13.2. The Morgan fingerprint density at radius 2 is 1.58 bits per heavy atom. The molecule has 0 aliphatic heterocycles. The highest BCUT2D eigenvalue weighted by Crippen LogP contribution is 2.33. The van der Waals surface area contributed by atoms with Gasteiger partial charge in [-0.3, -0.25) is 4.79 Å². The Bertz CT molecular complexity index is 1490. The van der Waals surface area contributed by atoms with Crippen molar-refractivity contribution in [3.05, 3.63) is 120 Å². The summed E-state index contributed by atoms with van der Waals surface area (Å²) in [5.74, 6) is 1.56. The van der Waals surface area contributed by atoms with Crippen LogP contribution in [-0.4, -0.2) is 22.8 Å². The zero-order valence-corrected chi connectivity index (χ0v) is 20.0. The Labute approximate surface area is 209 Å². The molecule has 1 N–H and O–H groups in total. The molecule has 0 saturated carbocycles. The number of hydrogen-bond acceptors (Lipinski definition) is 4. The fourth-order valence-corrected chi connectivity index (χ4v) is 3.88. The van der Waals surface area contributed by atoms with Crippen molar-refractivity contribution in [1.82, 2.24) is 9.78 Å². The SMILES string of the molecule is COc1cc(C)ccc1Oc1cccc(NC(=O)c2cn(-c3ccccc3)nc2-c2ccccc2)c1. The van der Waals surface area contributed by atoms with Gasteiger partial charge in [-0.2, -0.15) is 5.10 Å². The van der Waals surface area contributed by atoms with Crippen LogP contribution in [0.1, 0.15) is 15.9 Å². The molecule has 0 saturated heterocycles. The lowest BCUT2D eigenvalue weighted by molar-refractivity contribution is 0.102. The number of amides is 1. The zero-order chi connectivity index (χ0) is 24.9. The molecule has 4 aromatic carbocycles. The van der Waals surface area contributed by atoms with Gasteiger partial charge in [-0.05, 0) is 48.9 Å². The van der Waals surface area contributed by atoms with Crippen LogP contribution in [0.4, 0.5) is 5.69 Å². The number of nitrogens with zero attached hydrogens (tertiary/aromatic N) is 2. The Kier molecular flexibility index (Phi) is 6.49. The number of nitrogens with one attached hydrogen (secondary N) is 1. The first-order valence-corrected chi connectivity index (χ1v) is 11.5. The number of aryl methyl sites for hydroxylation is 1. The first-order chi connectivity index (χ1) is 17.6. The summed E-state index contributed by atoms with van der Waals surface area (Å²) in [5.41, 5.74) is 4.49. The van der Waals surface area contributed by atoms with Gasteiger partial charge in [-0.25, -0.2) is 4.68 Å². The Morgan fingerprint density at radius 3 is 2.33 bits per heavy atom. The molecule has 178 valence electrons. The van der Waals surface area contributed by atoms with Crippen LogP contribution in [0.5, 0.6) is 17.2 Å². The van der Waals surface area contributed by atoms with Crippen LogP contribution >= 0.6 is 0 Å². The molecule has 0 radical (unpaired) electrons. The highest BCUT2D eigenvalue weighted by Gasteiger charge is 2.19. The summed E-state index contributed by atoms with van der Waals surface area (Å²) in [6.45, 7) is 1.99. The molecule has 0 bridgehead atoms. The Morgan fingerprint density at radius 1 is 0.833 bits per heavy atom. The van der Waals surface area contributed by atoms with Crippen LogP contribution in [0.3, 0.4) is 0 Å². The van der Waals surface area contributed by atoms with Gasteiger partial charge in [0.1, 0.15) is 11.4 Å². The van der Waals surface area contributed by atoms with Crippen molar-refractivity contribution in [3.63, 3.8) is 0 Å². The predicted molar refractivity (Wildman–Crippen MR) is 141 cm³/mol. The van der Waals surface area contributed by atoms with E-state index in [0.29, 0.717) is 34.2 Å². The molecular weight excluding hydrogens is 450 g/mol. The van der Waals surface area contributed by atoms with E-state index in [4.69, 9.17) is 14.6 Å². The van der Waals surface area contributed by atoms with Crippen LogP contribution in [0.25, 0.3) is 16.9 Å². The van der Waals surface area contributed by atoms with Gasteiger partial charge in [0.2, 0.25) is 0 Å². The number of para-hydroxylation sites is 1. The normalized spacial score (nSPS) is 10.6. The number of rotatable bonds is 7.